The average molecular weight is 505 g/mol. The maximum absolute atomic E-state index is 9.77. The first-order valence-electron chi connectivity index (χ1n) is 9.92. The van der Waals surface area contributed by atoms with Crippen molar-refractivity contribution < 1.29 is 5.11 Å². The lowest BCUT2D eigenvalue weighted by molar-refractivity contribution is 0.188. The Hall–Kier alpha value is -2.13. The number of β-amino-alcohol motifs (C(OH)–C–C–N with tert-alkyl or cyclic N) is 1. The number of para-hydroxylation sites is 2. The van der Waals surface area contributed by atoms with Crippen LogP contribution in [0.5, 0.6) is 0 Å². The zero-order valence-corrected chi connectivity index (χ0v) is 19.0. The molecule has 0 unspecified atom stereocenters. The third-order valence-electron chi connectivity index (χ3n) is 5.11. The quantitative estimate of drug-likeness (QED) is 0.318. The number of hydrogen-bond acceptors (Lipinski definition) is 3. The molecular formula is C22H28IN5O. The Kier molecular flexibility index (Phi) is 7.49. The summed E-state index contributed by atoms with van der Waals surface area (Å²) in [6.45, 7) is 5.83. The minimum absolute atomic E-state index is 0. The molecule has 1 aromatic heterocycles. The molecule has 3 aromatic rings. The van der Waals surface area contributed by atoms with Gasteiger partial charge in [0.25, 0.3) is 0 Å². The summed E-state index contributed by atoms with van der Waals surface area (Å²) in [4.78, 5) is 11.3. The number of hydrogen-bond donors (Lipinski definition) is 2. The monoisotopic (exact) mass is 505 g/mol. The maximum atomic E-state index is 9.77. The molecule has 4 rings (SSSR count). The normalized spacial score (nSPS) is 16.8. The fourth-order valence-electron chi connectivity index (χ4n) is 3.61. The molecule has 0 spiro atoms. The number of nitrogens with one attached hydrogen (secondary N) is 1. The SMILES string of the molecule is CCNC(=NCc1ccc(Cn2cnc3ccccc32)cc1)N1CC[C@@H](O)C1.I. The summed E-state index contributed by atoms with van der Waals surface area (Å²) >= 11 is 0. The van der Waals surface area contributed by atoms with Crippen molar-refractivity contribution in [2.45, 2.75) is 32.5 Å². The Balaban J connectivity index is 0.00000240. The second-order valence-electron chi connectivity index (χ2n) is 7.24. The van der Waals surface area contributed by atoms with Crippen LogP contribution < -0.4 is 5.32 Å². The Morgan fingerprint density at radius 1 is 1.17 bits per heavy atom. The van der Waals surface area contributed by atoms with Gasteiger partial charge in [0.15, 0.2) is 5.96 Å². The standard InChI is InChI=1S/C22H27N5O.HI/c1-2-23-22(26-12-11-19(28)15-26)24-13-17-7-9-18(10-8-17)14-27-16-25-20-5-3-4-6-21(20)27;/h3-10,16,19,28H,2,11-15H2,1H3,(H,23,24);1H/t19-;/m1./s1. The molecule has 29 heavy (non-hydrogen) atoms. The highest BCUT2D eigenvalue weighted by Gasteiger charge is 2.22. The first-order valence-corrected chi connectivity index (χ1v) is 9.92. The molecule has 7 heteroatoms. The molecule has 2 aromatic carbocycles. The largest absolute Gasteiger partial charge is 0.391 e. The van der Waals surface area contributed by atoms with E-state index in [1.54, 1.807) is 0 Å². The summed E-state index contributed by atoms with van der Waals surface area (Å²) in [7, 11) is 0. The molecule has 2 N–H and O–H groups in total. The van der Waals surface area contributed by atoms with Gasteiger partial charge in [-0.1, -0.05) is 36.4 Å². The number of fused-ring (bicyclic) bond motifs is 1. The van der Waals surface area contributed by atoms with Gasteiger partial charge < -0.3 is 19.9 Å². The van der Waals surface area contributed by atoms with Gasteiger partial charge in [-0.2, -0.15) is 0 Å². The number of aromatic nitrogens is 2. The van der Waals surface area contributed by atoms with Crippen molar-refractivity contribution in [1.82, 2.24) is 19.8 Å². The Labute approximate surface area is 188 Å². The molecule has 0 aliphatic carbocycles. The molecule has 0 radical (unpaired) electrons. The molecule has 1 aliphatic heterocycles. The highest BCUT2D eigenvalue weighted by molar-refractivity contribution is 14.0. The van der Waals surface area contributed by atoms with Crippen LogP contribution in [-0.4, -0.2) is 51.3 Å². The second-order valence-corrected chi connectivity index (χ2v) is 7.24. The smallest absolute Gasteiger partial charge is 0.194 e. The van der Waals surface area contributed by atoms with Gasteiger partial charge in [-0.15, -0.1) is 24.0 Å². The van der Waals surface area contributed by atoms with Crippen LogP contribution in [0.4, 0.5) is 0 Å². The van der Waals surface area contributed by atoms with Gasteiger partial charge >= 0.3 is 0 Å². The number of benzene rings is 2. The van der Waals surface area contributed by atoms with E-state index in [0.29, 0.717) is 13.1 Å². The average Bonchev–Trinajstić information content (AvgIpc) is 3.33. The van der Waals surface area contributed by atoms with E-state index in [1.165, 1.54) is 11.1 Å². The van der Waals surface area contributed by atoms with E-state index >= 15 is 0 Å². The minimum Gasteiger partial charge on any atom is -0.391 e. The summed E-state index contributed by atoms with van der Waals surface area (Å²) in [5.41, 5.74) is 4.59. The van der Waals surface area contributed by atoms with Crippen molar-refractivity contribution in [2.75, 3.05) is 19.6 Å². The fourth-order valence-corrected chi connectivity index (χ4v) is 3.61. The lowest BCUT2D eigenvalue weighted by Gasteiger charge is -2.20. The number of rotatable bonds is 5. The number of aliphatic hydroxyl groups is 1. The third kappa shape index (κ3) is 5.27. The van der Waals surface area contributed by atoms with E-state index < -0.39 is 0 Å². The number of guanidine groups is 1. The predicted molar refractivity (Wildman–Crippen MR) is 128 cm³/mol. The number of halogens is 1. The minimum atomic E-state index is -0.248. The number of imidazole rings is 1. The van der Waals surface area contributed by atoms with E-state index in [9.17, 15) is 5.11 Å². The van der Waals surface area contributed by atoms with Gasteiger partial charge in [-0.3, -0.25) is 0 Å². The molecule has 1 atom stereocenters. The molecule has 1 aliphatic rings. The molecular weight excluding hydrogens is 477 g/mol. The third-order valence-corrected chi connectivity index (χ3v) is 5.11. The van der Waals surface area contributed by atoms with Crippen LogP contribution >= 0.6 is 24.0 Å². The zero-order chi connectivity index (χ0) is 19.3. The van der Waals surface area contributed by atoms with Crippen LogP contribution in [0.25, 0.3) is 11.0 Å². The zero-order valence-electron chi connectivity index (χ0n) is 16.7. The highest BCUT2D eigenvalue weighted by atomic mass is 127. The lowest BCUT2D eigenvalue weighted by Crippen LogP contribution is -2.40. The molecule has 1 fully saturated rings. The van der Waals surface area contributed by atoms with Crippen molar-refractivity contribution in [3.63, 3.8) is 0 Å². The van der Waals surface area contributed by atoms with Gasteiger partial charge in [-0.25, -0.2) is 9.98 Å². The summed E-state index contributed by atoms with van der Waals surface area (Å²) in [6, 6.07) is 16.8. The van der Waals surface area contributed by atoms with Crippen LogP contribution in [0.3, 0.4) is 0 Å². The van der Waals surface area contributed by atoms with E-state index in [0.717, 1.165) is 43.0 Å². The van der Waals surface area contributed by atoms with E-state index in [4.69, 9.17) is 4.99 Å². The Bertz CT molecular complexity index is 953. The first-order chi connectivity index (χ1) is 13.7. The van der Waals surface area contributed by atoms with Gasteiger partial charge in [0.05, 0.1) is 30.0 Å². The Morgan fingerprint density at radius 3 is 2.66 bits per heavy atom. The highest BCUT2D eigenvalue weighted by Crippen LogP contribution is 2.15. The molecule has 154 valence electrons. The first kappa shape index (κ1) is 21.6. The topological polar surface area (TPSA) is 65.7 Å². The molecule has 0 saturated carbocycles. The summed E-state index contributed by atoms with van der Waals surface area (Å²) in [5.74, 6) is 0.882. The number of nitrogens with zero attached hydrogens (tertiary/aromatic N) is 4. The van der Waals surface area contributed by atoms with Gasteiger partial charge in [-0.05, 0) is 36.6 Å². The molecule has 1 saturated heterocycles. The van der Waals surface area contributed by atoms with Gasteiger partial charge in [0.2, 0.25) is 0 Å². The van der Waals surface area contributed by atoms with E-state index in [-0.39, 0.29) is 30.1 Å². The van der Waals surface area contributed by atoms with Crippen molar-refractivity contribution >= 4 is 41.0 Å². The van der Waals surface area contributed by atoms with Crippen molar-refractivity contribution in [3.8, 4) is 0 Å². The van der Waals surface area contributed by atoms with Gasteiger partial charge in [0, 0.05) is 26.2 Å². The van der Waals surface area contributed by atoms with Crippen molar-refractivity contribution in [2.24, 2.45) is 4.99 Å². The summed E-state index contributed by atoms with van der Waals surface area (Å²) in [6.07, 6.45) is 2.46. The van der Waals surface area contributed by atoms with Crippen LogP contribution in [0.15, 0.2) is 59.9 Å². The van der Waals surface area contributed by atoms with Crippen LogP contribution in [0, 0.1) is 0 Å². The maximum Gasteiger partial charge on any atom is 0.194 e. The van der Waals surface area contributed by atoms with E-state index in [1.807, 2.05) is 24.5 Å². The van der Waals surface area contributed by atoms with Crippen LogP contribution in [0.2, 0.25) is 0 Å². The van der Waals surface area contributed by atoms with E-state index in [2.05, 4.69) is 57.0 Å². The summed E-state index contributed by atoms with van der Waals surface area (Å²) < 4.78 is 2.17. The second kappa shape index (κ2) is 10.1. The van der Waals surface area contributed by atoms with Crippen molar-refractivity contribution in [3.05, 3.63) is 66.0 Å². The van der Waals surface area contributed by atoms with Gasteiger partial charge in [0.1, 0.15) is 0 Å². The fraction of sp³-hybridized carbons (Fsp3) is 0.364. The van der Waals surface area contributed by atoms with Crippen molar-refractivity contribution in [1.29, 1.82) is 0 Å². The molecule has 2 heterocycles. The number of aliphatic imine (C=N–C) groups is 1. The molecule has 0 bridgehead atoms. The summed E-state index contributed by atoms with van der Waals surface area (Å²) in [5, 5.41) is 13.1. The van der Waals surface area contributed by atoms with Crippen LogP contribution in [0.1, 0.15) is 24.5 Å². The Morgan fingerprint density at radius 2 is 1.93 bits per heavy atom. The number of likely N-dealkylation sites (tertiary alicyclic amines) is 1. The number of aliphatic hydroxyl groups excluding tert-OH is 1. The molecule has 6 nitrogen and oxygen atoms in total. The molecule has 0 amide bonds. The van der Waals surface area contributed by atoms with Crippen LogP contribution in [-0.2, 0) is 13.1 Å². The predicted octanol–water partition coefficient (Wildman–Crippen LogP) is 3.23. The lowest BCUT2D eigenvalue weighted by atomic mass is 10.1.